The van der Waals surface area contributed by atoms with Gasteiger partial charge >= 0.3 is 0 Å². The van der Waals surface area contributed by atoms with E-state index < -0.39 is 0 Å². The number of aryl methyl sites for hydroxylation is 1. The number of carbonyl (C=O) groups excluding carboxylic acids is 2. The number of amides is 1. The van der Waals surface area contributed by atoms with Crippen LogP contribution in [0.2, 0.25) is 0 Å². The smallest absolute Gasteiger partial charge is 0.251 e. The maximum atomic E-state index is 12.5. The zero-order valence-corrected chi connectivity index (χ0v) is 16.6. The van der Waals surface area contributed by atoms with E-state index >= 15 is 0 Å². The van der Waals surface area contributed by atoms with Crippen molar-refractivity contribution >= 4 is 11.7 Å². The third-order valence-electron chi connectivity index (χ3n) is 5.24. The summed E-state index contributed by atoms with van der Waals surface area (Å²) in [5.41, 5.74) is 4.94. The molecule has 0 atom stereocenters. The van der Waals surface area contributed by atoms with E-state index in [2.05, 4.69) is 10.4 Å². The molecule has 6 nitrogen and oxygen atoms in total. The Kier molecular flexibility index (Phi) is 5.16. The van der Waals surface area contributed by atoms with E-state index in [1.165, 1.54) is 0 Å². The molecule has 4 rings (SSSR count). The molecule has 148 valence electrons. The number of carbonyl (C=O) groups is 2. The van der Waals surface area contributed by atoms with Gasteiger partial charge in [0.05, 0.1) is 29.7 Å². The fourth-order valence-electron chi connectivity index (χ4n) is 3.71. The number of Topliss-reactive ketones (excluding diaryl/α,β-unsaturated/α-hetero) is 1. The molecule has 0 radical (unpaired) electrons. The number of aromatic nitrogens is 2. The average Bonchev–Trinajstić information content (AvgIpc) is 3.10. The molecule has 0 unspecified atom stereocenters. The van der Waals surface area contributed by atoms with Crippen LogP contribution in [-0.4, -0.2) is 28.6 Å². The van der Waals surface area contributed by atoms with Crippen molar-refractivity contribution < 1.29 is 14.3 Å². The largest absolute Gasteiger partial charge is 0.497 e. The molecule has 0 saturated carbocycles. The summed E-state index contributed by atoms with van der Waals surface area (Å²) < 4.78 is 6.97. The third kappa shape index (κ3) is 3.78. The van der Waals surface area contributed by atoms with Gasteiger partial charge in [-0.3, -0.25) is 9.59 Å². The van der Waals surface area contributed by atoms with Gasteiger partial charge in [-0.05, 0) is 61.7 Å². The SMILES string of the molecule is COc1ccc(CNC(=O)c2ccc(-n3nc(C)c4c3CCCC4=O)cc2)cc1. The minimum Gasteiger partial charge on any atom is -0.497 e. The number of nitrogens with zero attached hydrogens (tertiary/aromatic N) is 2. The number of fused-ring (bicyclic) bond motifs is 1. The first-order valence-corrected chi connectivity index (χ1v) is 9.70. The lowest BCUT2D eigenvalue weighted by Gasteiger charge is -2.13. The zero-order chi connectivity index (χ0) is 20.4. The number of rotatable bonds is 5. The number of ether oxygens (including phenoxy) is 1. The van der Waals surface area contributed by atoms with Crippen LogP contribution in [0.1, 0.15) is 50.5 Å². The highest BCUT2D eigenvalue weighted by molar-refractivity contribution is 5.99. The fourth-order valence-corrected chi connectivity index (χ4v) is 3.71. The van der Waals surface area contributed by atoms with Gasteiger partial charge in [-0.25, -0.2) is 4.68 Å². The second-order valence-corrected chi connectivity index (χ2v) is 7.17. The summed E-state index contributed by atoms with van der Waals surface area (Å²) in [6.07, 6.45) is 2.28. The van der Waals surface area contributed by atoms with Crippen LogP contribution >= 0.6 is 0 Å². The molecule has 1 aliphatic rings. The minimum atomic E-state index is -0.138. The summed E-state index contributed by atoms with van der Waals surface area (Å²) in [5, 5.41) is 7.49. The maximum Gasteiger partial charge on any atom is 0.251 e. The van der Waals surface area contributed by atoms with Crippen LogP contribution in [0.4, 0.5) is 0 Å². The predicted molar refractivity (Wildman–Crippen MR) is 110 cm³/mol. The molecule has 6 heteroatoms. The number of hydrogen-bond acceptors (Lipinski definition) is 4. The van der Waals surface area contributed by atoms with Crippen molar-refractivity contribution in [1.82, 2.24) is 15.1 Å². The lowest BCUT2D eigenvalue weighted by Crippen LogP contribution is -2.22. The lowest BCUT2D eigenvalue weighted by atomic mass is 9.94. The fraction of sp³-hybridized carbons (Fsp3) is 0.261. The molecule has 0 fully saturated rings. The van der Waals surface area contributed by atoms with E-state index in [9.17, 15) is 9.59 Å². The maximum absolute atomic E-state index is 12.5. The summed E-state index contributed by atoms with van der Waals surface area (Å²) in [4.78, 5) is 24.7. The summed E-state index contributed by atoms with van der Waals surface area (Å²) in [7, 11) is 1.62. The summed E-state index contributed by atoms with van der Waals surface area (Å²) in [6.45, 7) is 2.32. The van der Waals surface area contributed by atoms with E-state index in [0.717, 1.165) is 46.8 Å². The second kappa shape index (κ2) is 7.91. The summed E-state index contributed by atoms with van der Waals surface area (Å²) in [5.74, 6) is 0.819. The van der Waals surface area contributed by atoms with Crippen molar-refractivity contribution in [2.75, 3.05) is 7.11 Å². The normalized spacial score (nSPS) is 13.1. The first kappa shape index (κ1) is 18.9. The molecule has 1 aliphatic carbocycles. The Morgan fingerprint density at radius 2 is 1.83 bits per heavy atom. The number of nitrogens with one attached hydrogen (secondary N) is 1. The number of methoxy groups -OCH3 is 1. The van der Waals surface area contributed by atoms with E-state index in [-0.39, 0.29) is 11.7 Å². The van der Waals surface area contributed by atoms with Crippen molar-refractivity contribution in [3.8, 4) is 11.4 Å². The van der Waals surface area contributed by atoms with E-state index in [0.29, 0.717) is 18.5 Å². The Hall–Kier alpha value is -3.41. The van der Waals surface area contributed by atoms with Crippen molar-refractivity contribution in [3.63, 3.8) is 0 Å². The Morgan fingerprint density at radius 3 is 2.52 bits per heavy atom. The van der Waals surface area contributed by atoms with Crippen molar-refractivity contribution in [2.24, 2.45) is 0 Å². The van der Waals surface area contributed by atoms with E-state index in [1.54, 1.807) is 19.2 Å². The van der Waals surface area contributed by atoms with Gasteiger partial charge in [0.2, 0.25) is 0 Å². The van der Waals surface area contributed by atoms with Crippen molar-refractivity contribution in [1.29, 1.82) is 0 Å². The van der Waals surface area contributed by atoms with Gasteiger partial charge in [0.1, 0.15) is 5.75 Å². The molecule has 1 amide bonds. The zero-order valence-electron chi connectivity index (χ0n) is 16.6. The van der Waals surface area contributed by atoms with Crippen LogP contribution in [0.5, 0.6) is 5.75 Å². The van der Waals surface area contributed by atoms with Gasteiger partial charge < -0.3 is 10.1 Å². The summed E-state index contributed by atoms with van der Waals surface area (Å²) in [6, 6.07) is 14.9. The van der Waals surface area contributed by atoms with Crippen LogP contribution in [0.15, 0.2) is 48.5 Å². The molecule has 1 N–H and O–H groups in total. The second-order valence-electron chi connectivity index (χ2n) is 7.17. The number of ketones is 1. The van der Waals surface area contributed by atoms with Gasteiger partial charge in [0.15, 0.2) is 5.78 Å². The molecule has 29 heavy (non-hydrogen) atoms. The monoisotopic (exact) mass is 389 g/mol. The standard InChI is InChI=1S/C23H23N3O3/c1-15-22-20(4-3-5-21(22)27)26(25-15)18-10-8-17(9-11-18)23(28)24-14-16-6-12-19(29-2)13-7-16/h6-13H,3-5,14H2,1-2H3,(H,24,28). The molecule has 1 heterocycles. The van der Waals surface area contributed by atoms with Gasteiger partial charge in [-0.15, -0.1) is 0 Å². The Labute approximate surface area is 169 Å². The Balaban J connectivity index is 1.47. The molecule has 0 aliphatic heterocycles. The van der Waals surface area contributed by atoms with Gasteiger partial charge in [-0.1, -0.05) is 12.1 Å². The third-order valence-corrected chi connectivity index (χ3v) is 5.24. The highest BCUT2D eigenvalue weighted by Gasteiger charge is 2.25. The van der Waals surface area contributed by atoms with Crippen LogP contribution in [-0.2, 0) is 13.0 Å². The van der Waals surface area contributed by atoms with Crippen molar-refractivity contribution in [3.05, 3.63) is 76.6 Å². The van der Waals surface area contributed by atoms with Gasteiger partial charge in [-0.2, -0.15) is 5.10 Å². The van der Waals surface area contributed by atoms with E-state index in [1.807, 2.05) is 48.0 Å². The first-order valence-electron chi connectivity index (χ1n) is 9.70. The van der Waals surface area contributed by atoms with Crippen molar-refractivity contribution in [2.45, 2.75) is 32.7 Å². The Bertz CT molecular complexity index is 1050. The highest BCUT2D eigenvalue weighted by atomic mass is 16.5. The number of hydrogen-bond donors (Lipinski definition) is 1. The van der Waals surface area contributed by atoms with Crippen LogP contribution in [0.25, 0.3) is 5.69 Å². The van der Waals surface area contributed by atoms with E-state index in [4.69, 9.17) is 4.74 Å². The molecule has 3 aromatic rings. The topological polar surface area (TPSA) is 73.2 Å². The molecule has 2 aromatic carbocycles. The molecule has 1 aromatic heterocycles. The predicted octanol–water partition coefficient (Wildman–Crippen LogP) is 3.64. The van der Waals surface area contributed by atoms with Crippen LogP contribution < -0.4 is 10.1 Å². The lowest BCUT2D eigenvalue weighted by molar-refractivity contribution is 0.0948. The minimum absolute atomic E-state index is 0.138. The van der Waals surface area contributed by atoms with Gasteiger partial charge in [0, 0.05) is 18.5 Å². The number of benzene rings is 2. The Morgan fingerprint density at radius 1 is 1.10 bits per heavy atom. The quantitative estimate of drug-likeness (QED) is 0.723. The van der Waals surface area contributed by atoms with Crippen LogP contribution in [0.3, 0.4) is 0 Å². The molecule has 0 spiro atoms. The molecule has 0 saturated heterocycles. The first-order chi connectivity index (χ1) is 14.1. The van der Waals surface area contributed by atoms with Gasteiger partial charge in [0.25, 0.3) is 5.91 Å². The molecular formula is C23H23N3O3. The van der Waals surface area contributed by atoms with Crippen LogP contribution in [0, 0.1) is 6.92 Å². The summed E-state index contributed by atoms with van der Waals surface area (Å²) >= 11 is 0. The average molecular weight is 389 g/mol. The highest BCUT2D eigenvalue weighted by Crippen LogP contribution is 2.26. The molecule has 0 bridgehead atoms. The molecular weight excluding hydrogens is 366 g/mol.